The Morgan fingerprint density at radius 1 is 1.00 bits per heavy atom. The Labute approximate surface area is 305 Å². The molecule has 6 N–H and O–H groups in total. The predicted molar refractivity (Wildman–Crippen MR) is 196 cm³/mol. The highest BCUT2D eigenvalue weighted by molar-refractivity contribution is 7.84. The summed E-state index contributed by atoms with van der Waals surface area (Å²) in [7, 11) is 1.87. The van der Waals surface area contributed by atoms with Gasteiger partial charge in [0.25, 0.3) is 17.7 Å². The molecule has 15 heteroatoms. The van der Waals surface area contributed by atoms with Gasteiger partial charge in [0.15, 0.2) is 0 Å². The van der Waals surface area contributed by atoms with Crippen molar-refractivity contribution in [3.63, 3.8) is 0 Å². The van der Waals surface area contributed by atoms with Gasteiger partial charge >= 0.3 is 5.97 Å². The maximum Gasteiger partial charge on any atom is 0.305 e. The molecule has 1 aromatic rings. The standard InChI is InChI=1S/C35H57N5O8S.ClH/c1-22-18-27(41)19-23(2)28(22)20-30(37)33(44)38-21-31(42)40(35(46)29(36)15-17-49(6)47)34(45)24(3)39(4)16-14-26(12-13-32(43)48-5)25-10-8-7-9-11-25;/h18-19,24-26,29-30,41H,7-17,20-21,36-37H2,1-6H3,(H,38,44);1H/t24-,26?,29?,30-,49?;/m0./s1. The first kappa shape index (κ1) is 45.1. The Hall–Kier alpha value is -2.91. The van der Waals surface area contributed by atoms with Gasteiger partial charge in [-0.3, -0.25) is 33.1 Å². The number of nitrogens with zero attached hydrogens (tertiary/aromatic N) is 2. The number of nitrogens with two attached hydrogens (primary N) is 2. The summed E-state index contributed by atoms with van der Waals surface area (Å²) in [5.41, 5.74) is 14.5. The average Bonchev–Trinajstić information content (AvgIpc) is 3.06. The Kier molecular flexibility index (Phi) is 20.0. The van der Waals surface area contributed by atoms with E-state index >= 15 is 0 Å². The van der Waals surface area contributed by atoms with E-state index in [1.54, 1.807) is 44.9 Å². The Morgan fingerprint density at radius 3 is 2.16 bits per heavy atom. The van der Waals surface area contributed by atoms with Crippen LogP contribution in [0.2, 0.25) is 0 Å². The maximum atomic E-state index is 13.8. The molecule has 0 bridgehead atoms. The lowest BCUT2D eigenvalue weighted by atomic mass is 9.76. The van der Waals surface area contributed by atoms with E-state index in [9.17, 15) is 33.3 Å². The van der Waals surface area contributed by atoms with E-state index < -0.39 is 59.1 Å². The molecule has 1 aliphatic rings. The number of carbonyl (C=O) groups is 5. The van der Waals surface area contributed by atoms with Crippen LogP contribution in [0.1, 0.15) is 81.4 Å². The SMILES string of the molecule is COC(=O)CCC(CCN(C)[C@@H](C)C(=O)N(C(=O)CNC(=O)[C@@H](N)Cc1c(C)cc(O)cc1C)C(=O)C(N)CCS(C)=O)C1CCCCC1.Cl. The fraction of sp³-hybridized carbons (Fsp3) is 0.686. The minimum absolute atomic E-state index is 0. The number of ether oxygens (including phenoxy) is 1. The Bertz CT molecular complexity index is 1320. The molecule has 284 valence electrons. The number of methoxy groups -OCH3 is 1. The molecule has 1 fully saturated rings. The molecule has 0 saturated heterocycles. The second-order valence-electron chi connectivity index (χ2n) is 13.4. The van der Waals surface area contributed by atoms with Crippen LogP contribution in [0.15, 0.2) is 12.1 Å². The van der Waals surface area contributed by atoms with Crippen LogP contribution in [0.4, 0.5) is 0 Å². The first-order valence-electron chi connectivity index (χ1n) is 17.1. The molecule has 3 unspecified atom stereocenters. The fourth-order valence-corrected chi connectivity index (χ4v) is 7.07. The minimum atomic E-state index is -1.26. The van der Waals surface area contributed by atoms with Crippen molar-refractivity contribution in [1.82, 2.24) is 15.1 Å². The lowest BCUT2D eigenvalue weighted by molar-refractivity contribution is -0.157. The van der Waals surface area contributed by atoms with Crippen LogP contribution in [0.3, 0.4) is 0 Å². The number of aromatic hydroxyl groups is 1. The molecule has 4 amide bonds. The first-order chi connectivity index (χ1) is 23.1. The molecule has 50 heavy (non-hydrogen) atoms. The molecule has 5 atom stereocenters. The van der Waals surface area contributed by atoms with E-state index in [-0.39, 0.29) is 48.6 Å². The first-order valence-corrected chi connectivity index (χ1v) is 18.9. The number of aryl methyl sites for hydroxylation is 2. The highest BCUT2D eigenvalue weighted by atomic mass is 35.5. The van der Waals surface area contributed by atoms with Gasteiger partial charge < -0.3 is 26.6 Å². The van der Waals surface area contributed by atoms with E-state index in [1.807, 2.05) is 0 Å². The van der Waals surface area contributed by atoms with E-state index in [0.717, 1.165) is 42.4 Å². The molecule has 0 aromatic heterocycles. The molecule has 0 aliphatic heterocycles. The van der Waals surface area contributed by atoms with Gasteiger partial charge in [-0.2, -0.15) is 0 Å². The monoisotopic (exact) mass is 743 g/mol. The fourth-order valence-electron chi connectivity index (χ4n) is 6.48. The minimum Gasteiger partial charge on any atom is -0.508 e. The number of benzene rings is 1. The van der Waals surface area contributed by atoms with Crippen molar-refractivity contribution >= 4 is 52.8 Å². The van der Waals surface area contributed by atoms with Gasteiger partial charge in [-0.15, -0.1) is 12.4 Å². The predicted octanol–water partition coefficient (Wildman–Crippen LogP) is 2.25. The maximum absolute atomic E-state index is 13.8. The van der Waals surface area contributed by atoms with E-state index in [0.29, 0.717) is 36.6 Å². The normalized spacial score (nSPS) is 16.3. The zero-order valence-corrected chi connectivity index (χ0v) is 32.0. The van der Waals surface area contributed by atoms with Crippen LogP contribution in [-0.2, 0) is 45.9 Å². The van der Waals surface area contributed by atoms with Crippen molar-refractivity contribution in [3.05, 3.63) is 28.8 Å². The van der Waals surface area contributed by atoms with Crippen LogP contribution in [0.5, 0.6) is 5.75 Å². The Balaban J connectivity index is 0.0000125. The molecule has 1 saturated carbocycles. The van der Waals surface area contributed by atoms with E-state index in [2.05, 4.69) is 5.32 Å². The molecule has 0 spiro atoms. The number of imide groups is 3. The van der Waals surface area contributed by atoms with Crippen molar-refractivity contribution < 1.29 is 38.0 Å². The molecule has 0 radical (unpaired) electrons. The van der Waals surface area contributed by atoms with Gasteiger partial charge in [0.1, 0.15) is 5.75 Å². The number of halogens is 1. The summed E-state index contributed by atoms with van der Waals surface area (Å²) < 4.78 is 16.5. The van der Waals surface area contributed by atoms with Gasteiger partial charge in [-0.05, 0) is 101 Å². The second-order valence-corrected chi connectivity index (χ2v) is 14.9. The highest BCUT2D eigenvalue weighted by Gasteiger charge is 2.37. The molecule has 1 aromatic carbocycles. The quantitative estimate of drug-likeness (QED) is 0.161. The number of hydrogen-bond donors (Lipinski definition) is 4. The number of esters is 1. The number of carbonyl (C=O) groups excluding carboxylic acids is 5. The van der Waals surface area contributed by atoms with Crippen molar-refractivity contribution in [2.24, 2.45) is 23.3 Å². The van der Waals surface area contributed by atoms with E-state index in [1.165, 1.54) is 19.8 Å². The largest absolute Gasteiger partial charge is 0.508 e. The number of likely N-dealkylation sites (N-methyl/N-ethyl adjacent to an activating group) is 1. The number of nitrogens with one attached hydrogen (secondary N) is 1. The molecule has 13 nitrogen and oxygen atoms in total. The summed E-state index contributed by atoms with van der Waals surface area (Å²) in [6.45, 7) is 4.99. The summed E-state index contributed by atoms with van der Waals surface area (Å²) >= 11 is 0. The number of amides is 4. The van der Waals surface area contributed by atoms with Gasteiger partial charge in [0.2, 0.25) is 5.91 Å². The summed E-state index contributed by atoms with van der Waals surface area (Å²) in [6, 6.07) is -0.0648. The topological polar surface area (TPSA) is 202 Å². The van der Waals surface area contributed by atoms with Crippen LogP contribution in [0, 0.1) is 25.7 Å². The molecular formula is C35H58ClN5O8S. The smallest absolute Gasteiger partial charge is 0.305 e. The molecule has 2 rings (SSSR count). The third-order valence-electron chi connectivity index (χ3n) is 9.71. The van der Waals surface area contributed by atoms with Crippen molar-refractivity contribution in [2.75, 3.05) is 39.3 Å². The third kappa shape index (κ3) is 14.0. The van der Waals surface area contributed by atoms with Gasteiger partial charge in [0, 0.05) is 29.2 Å². The zero-order valence-electron chi connectivity index (χ0n) is 30.4. The lowest BCUT2D eigenvalue weighted by Crippen LogP contribution is -2.57. The van der Waals surface area contributed by atoms with Crippen LogP contribution in [-0.4, -0.2) is 106 Å². The zero-order chi connectivity index (χ0) is 36.8. The summed E-state index contributed by atoms with van der Waals surface area (Å²) in [6.07, 6.45) is 8.98. The highest BCUT2D eigenvalue weighted by Crippen LogP contribution is 2.34. The van der Waals surface area contributed by atoms with Gasteiger partial charge in [-0.25, -0.2) is 4.90 Å². The van der Waals surface area contributed by atoms with Gasteiger partial charge in [0.05, 0.1) is 31.8 Å². The van der Waals surface area contributed by atoms with Crippen LogP contribution >= 0.6 is 12.4 Å². The number of phenols is 1. The van der Waals surface area contributed by atoms with Crippen molar-refractivity contribution in [3.8, 4) is 5.75 Å². The number of hydrogen-bond acceptors (Lipinski definition) is 11. The second kappa shape index (κ2) is 22.1. The van der Waals surface area contributed by atoms with Crippen LogP contribution in [0.25, 0.3) is 0 Å². The molecule has 1 aliphatic carbocycles. The summed E-state index contributed by atoms with van der Waals surface area (Å²) in [5, 5.41) is 12.3. The number of rotatable bonds is 18. The Morgan fingerprint density at radius 2 is 1.60 bits per heavy atom. The van der Waals surface area contributed by atoms with Crippen molar-refractivity contribution in [1.29, 1.82) is 0 Å². The van der Waals surface area contributed by atoms with Gasteiger partial charge in [-0.1, -0.05) is 32.1 Å². The van der Waals surface area contributed by atoms with Crippen LogP contribution < -0.4 is 16.8 Å². The van der Waals surface area contributed by atoms with Crippen molar-refractivity contribution in [2.45, 2.75) is 103 Å². The molecular weight excluding hydrogens is 686 g/mol. The summed E-state index contributed by atoms with van der Waals surface area (Å²) in [5.74, 6) is -2.67. The summed E-state index contributed by atoms with van der Waals surface area (Å²) in [4.78, 5) is 67.9. The molecule has 0 heterocycles. The third-order valence-corrected chi connectivity index (χ3v) is 10.5. The number of phenolic OH excluding ortho intramolecular Hbond substituents is 1. The lowest BCUT2D eigenvalue weighted by Gasteiger charge is -2.33. The average molecular weight is 744 g/mol. The van der Waals surface area contributed by atoms with E-state index in [4.69, 9.17) is 16.2 Å².